The van der Waals surface area contributed by atoms with Gasteiger partial charge >= 0.3 is 15.6 Å². The number of halogens is 3. The van der Waals surface area contributed by atoms with Crippen LogP contribution in [0, 0.1) is 0 Å². The van der Waals surface area contributed by atoms with Gasteiger partial charge in [0, 0.05) is 18.7 Å². The van der Waals surface area contributed by atoms with Crippen molar-refractivity contribution in [2.24, 2.45) is 0 Å². The molecule has 0 radical (unpaired) electrons. The van der Waals surface area contributed by atoms with E-state index < -0.39 is 21.5 Å². The van der Waals surface area contributed by atoms with Crippen molar-refractivity contribution >= 4 is 21.2 Å². The van der Waals surface area contributed by atoms with Crippen LogP contribution in [-0.4, -0.2) is 43.0 Å². The normalized spacial score (nSPS) is 12.1. The van der Waals surface area contributed by atoms with Crippen LogP contribution in [0.25, 0.3) is 22.3 Å². The summed E-state index contributed by atoms with van der Waals surface area (Å²) in [5, 5.41) is 7.98. The molecule has 0 aliphatic carbocycles. The lowest BCUT2D eigenvalue weighted by atomic mass is 10.1. The second kappa shape index (κ2) is 7.56. The molecule has 0 N–H and O–H groups in total. The second-order valence-corrected chi connectivity index (χ2v) is 6.85. The number of fused-ring (bicyclic) bond motifs is 1. The molecular formula is C16H12F3N3O5S. The Hall–Kier alpha value is -2.99. The Morgan fingerprint density at radius 2 is 1.79 bits per heavy atom. The molecule has 0 atom stereocenters. The molecule has 2 aromatic heterocycles. The van der Waals surface area contributed by atoms with Gasteiger partial charge in [0.25, 0.3) is 0 Å². The predicted molar refractivity (Wildman–Crippen MR) is 90.9 cm³/mol. The quantitative estimate of drug-likeness (QED) is 0.344. The molecule has 1 aromatic carbocycles. The highest BCUT2D eigenvalue weighted by Crippen LogP contribution is 2.30. The predicted octanol–water partition coefficient (Wildman–Crippen LogP) is 2.90. The van der Waals surface area contributed by atoms with Gasteiger partial charge < -0.3 is 13.7 Å². The van der Waals surface area contributed by atoms with Crippen molar-refractivity contribution < 1.29 is 35.2 Å². The zero-order valence-corrected chi connectivity index (χ0v) is 15.0. The summed E-state index contributed by atoms with van der Waals surface area (Å²) >= 11 is 0. The highest BCUT2D eigenvalue weighted by molar-refractivity contribution is 7.87. The van der Waals surface area contributed by atoms with Gasteiger partial charge in [-0.1, -0.05) is 12.1 Å². The van der Waals surface area contributed by atoms with E-state index in [1.165, 1.54) is 19.2 Å². The van der Waals surface area contributed by atoms with Crippen LogP contribution in [0.1, 0.15) is 0 Å². The number of ether oxygens (including phenoxy) is 2. The van der Waals surface area contributed by atoms with E-state index in [1.54, 1.807) is 24.3 Å². The first-order valence-electron chi connectivity index (χ1n) is 7.57. The molecule has 0 bridgehead atoms. The molecule has 28 heavy (non-hydrogen) atoms. The minimum absolute atomic E-state index is 0.0104. The SMILES string of the molecule is COCOc1ccccc1-c1cc2nc(OS(=O)(=O)C(F)(F)F)ccc2nn1. The maximum Gasteiger partial charge on any atom is 0.534 e. The first kappa shape index (κ1) is 19.8. The van der Waals surface area contributed by atoms with Crippen LogP contribution in [0.2, 0.25) is 0 Å². The van der Waals surface area contributed by atoms with E-state index in [2.05, 4.69) is 19.4 Å². The molecule has 0 amide bonds. The molecule has 0 unspecified atom stereocenters. The van der Waals surface area contributed by atoms with Gasteiger partial charge in [0.05, 0.1) is 11.2 Å². The fourth-order valence-electron chi connectivity index (χ4n) is 2.17. The maximum absolute atomic E-state index is 12.5. The number of methoxy groups -OCH3 is 1. The number of alkyl halides is 3. The average Bonchev–Trinajstić information content (AvgIpc) is 2.65. The highest BCUT2D eigenvalue weighted by Gasteiger charge is 2.48. The topological polar surface area (TPSA) is 100 Å². The van der Waals surface area contributed by atoms with E-state index in [1.807, 2.05) is 0 Å². The van der Waals surface area contributed by atoms with E-state index in [4.69, 9.17) is 9.47 Å². The van der Waals surface area contributed by atoms with Crippen LogP contribution < -0.4 is 8.92 Å². The fraction of sp³-hybridized carbons (Fsp3) is 0.188. The Bertz CT molecular complexity index is 1110. The van der Waals surface area contributed by atoms with Crippen molar-refractivity contribution in [1.29, 1.82) is 0 Å². The highest BCUT2D eigenvalue weighted by atomic mass is 32.2. The summed E-state index contributed by atoms with van der Waals surface area (Å²) in [5.41, 5.74) is -4.41. The van der Waals surface area contributed by atoms with Gasteiger partial charge in [-0.3, -0.25) is 0 Å². The maximum atomic E-state index is 12.5. The Balaban J connectivity index is 2.00. The smallest absolute Gasteiger partial charge is 0.467 e. The summed E-state index contributed by atoms with van der Waals surface area (Å²) in [4.78, 5) is 3.78. The zero-order valence-electron chi connectivity index (χ0n) is 14.2. The Morgan fingerprint density at radius 3 is 2.50 bits per heavy atom. The summed E-state index contributed by atoms with van der Waals surface area (Å²) in [5.74, 6) is -0.308. The van der Waals surface area contributed by atoms with Crippen LogP contribution in [-0.2, 0) is 14.9 Å². The van der Waals surface area contributed by atoms with Crippen molar-refractivity contribution in [3.8, 4) is 22.9 Å². The second-order valence-electron chi connectivity index (χ2n) is 5.31. The molecule has 3 rings (SSSR count). The number of rotatable bonds is 6. The van der Waals surface area contributed by atoms with Gasteiger partial charge in [-0.05, 0) is 24.3 Å². The first-order valence-corrected chi connectivity index (χ1v) is 8.98. The number of benzene rings is 1. The van der Waals surface area contributed by atoms with Crippen LogP contribution >= 0.6 is 0 Å². The van der Waals surface area contributed by atoms with Crippen molar-refractivity contribution in [3.05, 3.63) is 42.5 Å². The van der Waals surface area contributed by atoms with Crippen LogP contribution in [0.15, 0.2) is 42.5 Å². The average molecular weight is 415 g/mol. The zero-order chi connectivity index (χ0) is 20.4. The lowest BCUT2D eigenvalue weighted by Crippen LogP contribution is -2.28. The van der Waals surface area contributed by atoms with E-state index in [0.717, 1.165) is 6.07 Å². The Morgan fingerprint density at radius 1 is 1.04 bits per heavy atom. The summed E-state index contributed by atoms with van der Waals surface area (Å²) in [6.07, 6.45) is 0. The lowest BCUT2D eigenvalue weighted by Gasteiger charge is -2.11. The number of hydrogen-bond acceptors (Lipinski definition) is 8. The molecule has 12 heteroatoms. The van der Waals surface area contributed by atoms with Gasteiger partial charge in [-0.25, -0.2) is 4.98 Å². The van der Waals surface area contributed by atoms with Crippen LogP contribution in [0.4, 0.5) is 13.2 Å². The third kappa shape index (κ3) is 4.12. The summed E-state index contributed by atoms with van der Waals surface area (Å²) in [6, 6.07) is 10.4. The monoisotopic (exact) mass is 415 g/mol. The van der Waals surface area contributed by atoms with Crippen molar-refractivity contribution in [2.45, 2.75) is 5.51 Å². The van der Waals surface area contributed by atoms with Crippen molar-refractivity contribution in [1.82, 2.24) is 15.2 Å². The molecule has 148 valence electrons. The molecule has 0 aliphatic rings. The van der Waals surface area contributed by atoms with Gasteiger partial charge in [-0.15, -0.1) is 10.2 Å². The van der Waals surface area contributed by atoms with E-state index >= 15 is 0 Å². The summed E-state index contributed by atoms with van der Waals surface area (Å²) in [6.45, 7) is -0.0104. The number of nitrogens with zero attached hydrogens (tertiary/aromatic N) is 3. The van der Waals surface area contributed by atoms with Crippen LogP contribution in [0.3, 0.4) is 0 Å². The third-order valence-electron chi connectivity index (χ3n) is 3.39. The first-order chi connectivity index (χ1) is 13.2. The molecule has 8 nitrogen and oxygen atoms in total. The minimum Gasteiger partial charge on any atom is -0.467 e. The molecule has 2 heterocycles. The number of hydrogen-bond donors (Lipinski definition) is 0. The van der Waals surface area contributed by atoms with Gasteiger partial charge in [0.1, 0.15) is 11.3 Å². The van der Waals surface area contributed by atoms with Gasteiger partial charge in [-0.2, -0.15) is 21.6 Å². The molecule has 0 saturated carbocycles. The number of aromatic nitrogens is 3. The lowest BCUT2D eigenvalue weighted by molar-refractivity contribution is -0.0501. The minimum atomic E-state index is -5.83. The third-order valence-corrected chi connectivity index (χ3v) is 4.35. The van der Waals surface area contributed by atoms with Crippen molar-refractivity contribution in [2.75, 3.05) is 13.9 Å². The van der Waals surface area contributed by atoms with E-state index in [0.29, 0.717) is 17.0 Å². The molecule has 0 aliphatic heterocycles. The van der Waals surface area contributed by atoms with Gasteiger partial charge in [0.15, 0.2) is 6.79 Å². The summed E-state index contributed by atoms with van der Waals surface area (Å²) in [7, 11) is -4.37. The van der Waals surface area contributed by atoms with Crippen molar-refractivity contribution in [3.63, 3.8) is 0 Å². The van der Waals surface area contributed by atoms with Gasteiger partial charge in [0.2, 0.25) is 5.88 Å². The molecule has 0 saturated heterocycles. The van der Waals surface area contributed by atoms with E-state index in [9.17, 15) is 21.6 Å². The molecule has 0 spiro atoms. The molecule has 3 aromatic rings. The number of pyridine rings is 1. The van der Waals surface area contributed by atoms with Crippen LogP contribution in [0.5, 0.6) is 11.6 Å². The van der Waals surface area contributed by atoms with E-state index in [-0.39, 0.29) is 17.8 Å². The summed E-state index contributed by atoms with van der Waals surface area (Å²) < 4.78 is 74.1. The Labute approximate surface area is 157 Å². The fourth-order valence-corrected chi connectivity index (χ4v) is 2.58. The Kier molecular flexibility index (Phi) is 5.34. The largest absolute Gasteiger partial charge is 0.534 e. The molecular weight excluding hydrogens is 403 g/mol. The standard InChI is InChI=1S/C16H12F3N3O5S/c1-25-9-26-14-5-3-2-4-10(14)12-8-13-11(21-22-12)6-7-15(20-13)27-28(23,24)16(17,18)19/h2-8H,9H2,1H3. The molecule has 0 fully saturated rings. The number of para-hydroxylation sites is 1.